The lowest BCUT2D eigenvalue weighted by Gasteiger charge is -2.27. The van der Waals surface area contributed by atoms with Crippen molar-refractivity contribution in [3.8, 4) is 5.75 Å². The summed E-state index contributed by atoms with van der Waals surface area (Å²) in [5.41, 5.74) is 0.604. The summed E-state index contributed by atoms with van der Waals surface area (Å²) in [6, 6.07) is 10.6. The number of benzene rings is 1. The van der Waals surface area contributed by atoms with Crippen molar-refractivity contribution in [1.29, 1.82) is 0 Å². The van der Waals surface area contributed by atoms with Crippen molar-refractivity contribution in [2.24, 2.45) is 0 Å². The second-order valence-corrected chi connectivity index (χ2v) is 7.59. The van der Waals surface area contributed by atoms with Gasteiger partial charge in [0, 0.05) is 0 Å². The van der Waals surface area contributed by atoms with Crippen LogP contribution < -0.4 is 15.4 Å². The van der Waals surface area contributed by atoms with Crippen LogP contribution in [0, 0.1) is 0 Å². The maximum atomic E-state index is 12.2. The lowest BCUT2D eigenvalue weighted by Crippen LogP contribution is -2.49. The van der Waals surface area contributed by atoms with Gasteiger partial charge in [-0.2, -0.15) is 0 Å². The minimum Gasteiger partial charge on any atom is -0.495 e. The van der Waals surface area contributed by atoms with E-state index in [9.17, 15) is 4.79 Å². The van der Waals surface area contributed by atoms with Crippen LogP contribution in [-0.2, 0) is 0 Å². The Bertz CT molecular complexity index is 629. The molecule has 0 saturated carbocycles. The Balaban J connectivity index is 2.18. The number of anilines is 1. The molecule has 1 amide bonds. The van der Waals surface area contributed by atoms with Crippen LogP contribution in [0.4, 0.5) is 5.69 Å². The number of rotatable bonds is 5. The van der Waals surface area contributed by atoms with Gasteiger partial charge in [0.1, 0.15) is 11.9 Å². The highest BCUT2D eigenvalue weighted by Crippen LogP contribution is 2.33. The average molecular weight is 380 g/mol. The number of ether oxygens (including phenoxy) is 1. The number of hydrogen-bond acceptors (Lipinski definition) is 4. The molecule has 8 heteroatoms. The smallest absolute Gasteiger partial charge is 0.263 e. The summed E-state index contributed by atoms with van der Waals surface area (Å²) in [7, 11) is 1.54. The number of carbonyl (C=O) groups is 1. The first-order chi connectivity index (χ1) is 10.4. The van der Waals surface area contributed by atoms with E-state index in [-0.39, 0.29) is 5.91 Å². The highest BCUT2D eigenvalue weighted by molar-refractivity contribution is 7.12. The van der Waals surface area contributed by atoms with E-state index < -0.39 is 9.96 Å². The van der Waals surface area contributed by atoms with Gasteiger partial charge in [0.25, 0.3) is 5.91 Å². The molecule has 0 radical (unpaired) electrons. The van der Waals surface area contributed by atoms with E-state index in [0.29, 0.717) is 16.3 Å². The van der Waals surface area contributed by atoms with Gasteiger partial charge in [-0.15, -0.1) is 11.3 Å². The van der Waals surface area contributed by atoms with Gasteiger partial charge in [-0.05, 0) is 23.6 Å². The van der Waals surface area contributed by atoms with Crippen molar-refractivity contribution in [1.82, 2.24) is 5.32 Å². The minimum atomic E-state index is -1.74. The summed E-state index contributed by atoms with van der Waals surface area (Å²) in [5, 5.41) is 7.45. The third kappa shape index (κ3) is 4.43. The Morgan fingerprint density at radius 3 is 2.55 bits per heavy atom. The van der Waals surface area contributed by atoms with Gasteiger partial charge in [0.05, 0.1) is 17.7 Å². The first-order valence-electron chi connectivity index (χ1n) is 6.22. The number of halogens is 3. The van der Waals surface area contributed by atoms with Gasteiger partial charge in [-0.3, -0.25) is 4.79 Å². The Morgan fingerprint density at radius 1 is 1.23 bits per heavy atom. The van der Waals surface area contributed by atoms with Crippen LogP contribution >= 0.6 is 46.1 Å². The summed E-state index contributed by atoms with van der Waals surface area (Å²) in [6.45, 7) is 0. The molecule has 4 nitrogen and oxygen atoms in total. The van der Waals surface area contributed by atoms with Crippen LogP contribution in [0.2, 0.25) is 0 Å². The molecule has 2 rings (SSSR count). The van der Waals surface area contributed by atoms with Crippen LogP contribution in [0.3, 0.4) is 0 Å². The predicted octanol–water partition coefficient (Wildman–Crippen LogP) is 4.29. The Labute approximate surface area is 147 Å². The van der Waals surface area contributed by atoms with E-state index in [1.807, 2.05) is 6.07 Å². The molecular formula is C14H13Cl3N2O2S. The number of alkyl halides is 3. The molecule has 0 bridgehead atoms. The molecule has 0 spiro atoms. The molecule has 1 unspecified atom stereocenters. The molecule has 0 aliphatic carbocycles. The molecular weight excluding hydrogens is 367 g/mol. The Morgan fingerprint density at radius 2 is 1.95 bits per heavy atom. The van der Waals surface area contributed by atoms with Crippen LogP contribution in [-0.4, -0.2) is 23.0 Å². The third-order valence-corrected chi connectivity index (χ3v) is 4.28. The average Bonchev–Trinajstić information content (AvgIpc) is 3.00. The number of nitrogens with one attached hydrogen (secondary N) is 2. The molecule has 0 fully saturated rings. The summed E-state index contributed by atoms with van der Waals surface area (Å²) < 4.78 is 3.49. The summed E-state index contributed by atoms with van der Waals surface area (Å²) in [4.78, 5) is 12.7. The molecule has 1 atom stereocenters. The van der Waals surface area contributed by atoms with Crippen molar-refractivity contribution >= 4 is 57.7 Å². The van der Waals surface area contributed by atoms with E-state index >= 15 is 0 Å². The zero-order valence-electron chi connectivity index (χ0n) is 11.5. The van der Waals surface area contributed by atoms with Crippen LogP contribution in [0.5, 0.6) is 5.75 Å². The molecule has 22 heavy (non-hydrogen) atoms. The largest absolute Gasteiger partial charge is 0.495 e. The molecule has 1 heterocycles. The summed E-state index contributed by atoms with van der Waals surface area (Å²) >= 11 is 19.2. The Hall–Kier alpha value is -1.14. The molecule has 2 aromatic rings. The van der Waals surface area contributed by atoms with Gasteiger partial charge in [-0.25, -0.2) is 0 Å². The molecule has 0 aliphatic rings. The number of hydrogen-bond donors (Lipinski definition) is 2. The van der Waals surface area contributed by atoms with Crippen molar-refractivity contribution in [3.05, 3.63) is 46.7 Å². The van der Waals surface area contributed by atoms with Gasteiger partial charge < -0.3 is 15.4 Å². The van der Waals surface area contributed by atoms with E-state index in [1.54, 1.807) is 35.7 Å². The second kappa shape index (κ2) is 7.42. The van der Waals surface area contributed by atoms with E-state index in [2.05, 4.69) is 10.6 Å². The fourth-order valence-corrected chi connectivity index (χ4v) is 2.68. The lowest BCUT2D eigenvalue weighted by molar-refractivity contribution is 0.0946. The molecule has 1 aromatic carbocycles. The van der Waals surface area contributed by atoms with Gasteiger partial charge in [-0.1, -0.05) is 53.0 Å². The lowest BCUT2D eigenvalue weighted by atomic mass is 10.3. The van der Waals surface area contributed by atoms with E-state index in [4.69, 9.17) is 39.5 Å². The third-order valence-electron chi connectivity index (χ3n) is 2.75. The van der Waals surface area contributed by atoms with Gasteiger partial charge >= 0.3 is 0 Å². The van der Waals surface area contributed by atoms with Crippen molar-refractivity contribution < 1.29 is 9.53 Å². The zero-order chi connectivity index (χ0) is 16.2. The topological polar surface area (TPSA) is 50.4 Å². The minimum absolute atomic E-state index is 0.325. The summed E-state index contributed by atoms with van der Waals surface area (Å²) in [5.74, 6) is 0.251. The molecule has 2 N–H and O–H groups in total. The van der Waals surface area contributed by atoms with Gasteiger partial charge in [0.15, 0.2) is 0 Å². The quantitative estimate of drug-likeness (QED) is 0.602. The van der Waals surface area contributed by atoms with E-state index in [0.717, 1.165) is 0 Å². The highest BCUT2D eigenvalue weighted by atomic mass is 35.6. The van der Waals surface area contributed by atoms with Crippen molar-refractivity contribution in [2.75, 3.05) is 12.4 Å². The van der Waals surface area contributed by atoms with Crippen molar-refractivity contribution in [2.45, 2.75) is 9.96 Å². The number of methoxy groups -OCH3 is 1. The van der Waals surface area contributed by atoms with Crippen molar-refractivity contribution in [3.63, 3.8) is 0 Å². The molecule has 0 aliphatic heterocycles. The van der Waals surface area contributed by atoms with E-state index in [1.165, 1.54) is 18.4 Å². The normalized spacial score (nSPS) is 12.5. The number of para-hydroxylation sites is 2. The molecule has 0 saturated heterocycles. The first kappa shape index (κ1) is 17.2. The SMILES string of the molecule is COc1ccccc1NC(NC(=O)c1cccs1)C(Cl)(Cl)Cl. The summed E-state index contributed by atoms with van der Waals surface area (Å²) in [6.07, 6.45) is -0.927. The maximum absolute atomic E-state index is 12.2. The van der Waals surface area contributed by atoms with Crippen LogP contribution in [0.25, 0.3) is 0 Å². The predicted molar refractivity (Wildman–Crippen MR) is 92.5 cm³/mol. The number of carbonyl (C=O) groups excluding carboxylic acids is 1. The van der Waals surface area contributed by atoms with Gasteiger partial charge in [0.2, 0.25) is 3.79 Å². The molecule has 1 aromatic heterocycles. The fourth-order valence-electron chi connectivity index (χ4n) is 1.73. The highest BCUT2D eigenvalue weighted by Gasteiger charge is 2.34. The molecule has 118 valence electrons. The standard InChI is InChI=1S/C14H13Cl3N2O2S/c1-21-10-6-3-2-5-9(10)18-13(14(15,16)17)19-12(20)11-7-4-8-22-11/h2-8,13,18H,1H3,(H,19,20). The second-order valence-electron chi connectivity index (χ2n) is 4.27. The first-order valence-corrected chi connectivity index (χ1v) is 8.24. The van der Waals surface area contributed by atoms with Crippen LogP contribution in [0.1, 0.15) is 9.67 Å². The van der Waals surface area contributed by atoms with Crippen LogP contribution in [0.15, 0.2) is 41.8 Å². The fraction of sp³-hybridized carbons (Fsp3) is 0.214. The Kier molecular flexibility index (Phi) is 5.81. The monoisotopic (exact) mass is 378 g/mol. The zero-order valence-corrected chi connectivity index (χ0v) is 14.6. The maximum Gasteiger partial charge on any atom is 0.263 e. The number of amides is 1. The number of thiophene rings is 1.